The van der Waals surface area contributed by atoms with Crippen LogP contribution in [0.4, 0.5) is 21.9 Å². The molecule has 1 heterocycles. The molecule has 0 spiro atoms. The summed E-state index contributed by atoms with van der Waals surface area (Å²) in [7, 11) is -4.27. The van der Waals surface area contributed by atoms with Crippen molar-refractivity contribution in [1.29, 1.82) is 0 Å². The van der Waals surface area contributed by atoms with Crippen LogP contribution in [0.2, 0.25) is 5.02 Å². The summed E-state index contributed by atoms with van der Waals surface area (Å²) in [6.07, 6.45) is 0.796. The molecule has 12 heteroatoms. The highest BCUT2D eigenvalue weighted by Gasteiger charge is 2.19. The molecular formula is C17H14ClN5O5S. The van der Waals surface area contributed by atoms with Crippen molar-refractivity contribution in [3.8, 4) is 0 Å². The molecule has 0 fully saturated rings. The van der Waals surface area contributed by atoms with Crippen molar-refractivity contribution in [3.05, 3.63) is 80.6 Å². The number of halogens is 1. The highest BCUT2D eigenvalue weighted by molar-refractivity contribution is 7.92. The van der Waals surface area contributed by atoms with Crippen molar-refractivity contribution >= 4 is 44.7 Å². The van der Waals surface area contributed by atoms with Crippen LogP contribution in [0.5, 0.6) is 0 Å². The third-order valence-electron chi connectivity index (χ3n) is 3.53. The third-order valence-corrected chi connectivity index (χ3v) is 5.15. The Balaban J connectivity index is 1.74. The smallest absolute Gasteiger partial charge is 0.313 e. The van der Waals surface area contributed by atoms with Crippen LogP contribution in [0.3, 0.4) is 0 Å². The van der Waals surface area contributed by atoms with E-state index in [9.17, 15) is 22.8 Å². The SMILES string of the molecule is O=C(Nc1cccc(Cl)c1)Nc1cccc(NS(=O)(=O)c2c[nH]c(=O)[nH]c2=O)c1. The van der Waals surface area contributed by atoms with Gasteiger partial charge in [0, 0.05) is 22.6 Å². The van der Waals surface area contributed by atoms with Gasteiger partial charge in [-0.25, -0.2) is 18.0 Å². The molecule has 0 aliphatic heterocycles. The Morgan fingerprint density at radius 3 is 2.21 bits per heavy atom. The maximum Gasteiger partial charge on any atom is 0.325 e. The first kappa shape index (κ1) is 20.2. The van der Waals surface area contributed by atoms with Crippen molar-refractivity contribution in [1.82, 2.24) is 9.97 Å². The molecule has 0 unspecified atom stereocenters. The number of aromatic nitrogens is 2. The fourth-order valence-electron chi connectivity index (χ4n) is 2.33. The zero-order valence-corrected chi connectivity index (χ0v) is 16.1. The number of H-pyrrole nitrogens is 2. The second-order valence-electron chi connectivity index (χ2n) is 5.71. The van der Waals surface area contributed by atoms with Crippen LogP contribution in [-0.4, -0.2) is 24.4 Å². The predicted octanol–water partition coefficient (Wildman–Crippen LogP) is 2.16. The lowest BCUT2D eigenvalue weighted by Crippen LogP contribution is -2.29. The lowest BCUT2D eigenvalue weighted by molar-refractivity contribution is 0.262. The molecule has 0 saturated carbocycles. The van der Waals surface area contributed by atoms with Crippen LogP contribution in [0.15, 0.2) is 69.2 Å². The summed E-state index contributed by atoms with van der Waals surface area (Å²) in [5.74, 6) is 0. The number of nitrogens with one attached hydrogen (secondary N) is 5. The zero-order chi connectivity index (χ0) is 21.0. The number of anilines is 3. The fourth-order valence-corrected chi connectivity index (χ4v) is 3.57. The second kappa shape index (κ2) is 8.20. The van der Waals surface area contributed by atoms with Crippen molar-refractivity contribution in [3.63, 3.8) is 0 Å². The predicted molar refractivity (Wildman–Crippen MR) is 109 cm³/mol. The van der Waals surface area contributed by atoms with Crippen molar-refractivity contribution in [2.75, 3.05) is 15.4 Å². The van der Waals surface area contributed by atoms with E-state index < -0.39 is 32.2 Å². The molecular weight excluding hydrogens is 422 g/mol. The van der Waals surface area contributed by atoms with Gasteiger partial charge in [-0.3, -0.25) is 14.5 Å². The van der Waals surface area contributed by atoms with Crippen molar-refractivity contribution in [2.24, 2.45) is 0 Å². The van der Waals surface area contributed by atoms with Gasteiger partial charge in [-0.1, -0.05) is 23.7 Å². The van der Waals surface area contributed by atoms with E-state index in [-0.39, 0.29) is 5.69 Å². The van der Waals surface area contributed by atoms with E-state index in [1.807, 2.05) is 4.98 Å². The number of carbonyl (C=O) groups is 1. The van der Waals surface area contributed by atoms with Gasteiger partial charge in [-0.2, -0.15) is 0 Å². The number of aromatic amines is 2. The summed E-state index contributed by atoms with van der Waals surface area (Å²) in [6.45, 7) is 0. The Hall–Kier alpha value is -3.57. The summed E-state index contributed by atoms with van der Waals surface area (Å²) < 4.78 is 27.0. The van der Waals surface area contributed by atoms with Gasteiger partial charge in [0.2, 0.25) is 0 Å². The molecule has 5 N–H and O–H groups in total. The maximum atomic E-state index is 12.4. The van der Waals surface area contributed by atoms with Crippen LogP contribution in [-0.2, 0) is 10.0 Å². The number of hydrogen-bond acceptors (Lipinski definition) is 5. The molecule has 0 saturated heterocycles. The fraction of sp³-hybridized carbons (Fsp3) is 0. The first-order valence-electron chi connectivity index (χ1n) is 8.01. The molecule has 0 bridgehead atoms. The van der Waals surface area contributed by atoms with Crippen molar-refractivity contribution < 1.29 is 13.2 Å². The minimum atomic E-state index is -4.27. The Bertz CT molecular complexity index is 1290. The molecule has 2 amide bonds. The number of benzene rings is 2. The number of amides is 2. The quantitative estimate of drug-likeness (QED) is 0.415. The molecule has 0 radical (unpaired) electrons. The highest BCUT2D eigenvalue weighted by Crippen LogP contribution is 2.19. The van der Waals surface area contributed by atoms with E-state index in [0.29, 0.717) is 16.4 Å². The number of carbonyl (C=O) groups excluding carboxylic acids is 1. The maximum absolute atomic E-state index is 12.4. The molecule has 2 aromatic carbocycles. The first-order valence-corrected chi connectivity index (χ1v) is 9.87. The van der Waals surface area contributed by atoms with Crippen LogP contribution in [0, 0.1) is 0 Å². The molecule has 0 atom stereocenters. The minimum Gasteiger partial charge on any atom is -0.313 e. The number of rotatable bonds is 5. The van der Waals surface area contributed by atoms with E-state index in [4.69, 9.17) is 11.6 Å². The van der Waals surface area contributed by atoms with Gasteiger partial charge < -0.3 is 15.6 Å². The van der Waals surface area contributed by atoms with E-state index in [0.717, 1.165) is 6.20 Å². The van der Waals surface area contributed by atoms with Gasteiger partial charge in [0.15, 0.2) is 4.90 Å². The van der Waals surface area contributed by atoms with Crippen LogP contribution < -0.4 is 26.6 Å². The summed E-state index contributed by atoms with van der Waals surface area (Å²) in [5.41, 5.74) is -1.03. The Kier molecular flexibility index (Phi) is 5.71. The largest absolute Gasteiger partial charge is 0.325 e. The van der Waals surface area contributed by atoms with Gasteiger partial charge in [0.1, 0.15) is 0 Å². The molecule has 0 aliphatic rings. The molecule has 3 rings (SSSR count). The molecule has 3 aromatic rings. The Labute approximate surface area is 169 Å². The molecule has 150 valence electrons. The first-order chi connectivity index (χ1) is 13.7. The van der Waals surface area contributed by atoms with Gasteiger partial charge in [-0.05, 0) is 36.4 Å². The standard InChI is InChI=1S/C17H14ClN5O5S/c18-10-3-1-4-11(7-10)20-17(26)21-12-5-2-6-13(8-12)23-29(27,28)14-9-19-16(25)22-15(14)24/h1-9,23H,(H2,20,21,26)(H2,19,22,24,25). The average molecular weight is 436 g/mol. The number of hydrogen-bond donors (Lipinski definition) is 5. The number of urea groups is 1. The minimum absolute atomic E-state index is 0.0937. The lowest BCUT2D eigenvalue weighted by atomic mass is 10.3. The van der Waals surface area contributed by atoms with Gasteiger partial charge in [0.05, 0.1) is 5.69 Å². The monoisotopic (exact) mass is 435 g/mol. The Morgan fingerprint density at radius 1 is 0.931 bits per heavy atom. The molecule has 29 heavy (non-hydrogen) atoms. The second-order valence-corrected chi connectivity index (χ2v) is 7.80. The van der Waals surface area contributed by atoms with Gasteiger partial charge in [-0.15, -0.1) is 0 Å². The zero-order valence-electron chi connectivity index (χ0n) is 14.5. The van der Waals surface area contributed by atoms with Gasteiger partial charge in [0.25, 0.3) is 15.6 Å². The van der Waals surface area contributed by atoms with Crippen LogP contribution >= 0.6 is 11.6 Å². The van der Waals surface area contributed by atoms with E-state index >= 15 is 0 Å². The Morgan fingerprint density at radius 2 is 1.55 bits per heavy atom. The molecule has 1 aromatic heterocycles. The topological polar surface area (TPSA) is 153 Å². The number of sulfonamides is 1. The summed E-state index contributed by atoms with van der Waals surface area (Å²) in [6, 6.07) is 11.8. The third kappa shape index (κ3) is 5.24. The lowest BCUT2D eigenvalue weighted by Gasteiger charge is -2.11. The average Bonchev–Trinajstić information content (AvgIpc) is 2.61. The van der Waals surface area contributed by atoms with E-state index in [1.165, 1.54) is 18.2 Å². The van der Waals surface area contributed by atoms with Crippen LogP contribution in [0.25, 0.3) is 0 Å². The van der Waals surface area contributed by atoms with Crippen molar-refractivity contribution in [2.45, 2.75) is 4.90 Å². The summed E-state index contributed by atoms with van der Waals surface area (Å²) >= 11 is 5.86. The molecule has 10 nitrogen and oxygen atoms in total. The van der Waals surface area contributed by atoms with E-state index in [2.05, 4.69) is 20.3 Å². The summed E-state index contributed by atoms with van der Waals surface area (Å²) in [5, 5.41) is 5.59. The molecule has 0 aliphatic carbocycles. The van der Waals surface area contributed by atoms with Gasteiger partial charge >= 0.3 is 11.7 Å². The highest BCUT2D eigenvalue weighted by atomic mass is 35.5. The van der Waals surface area contributed by atoms with Crippen LogP contribution in [0.1, 0.15) is 0 Å². The normalized spacial score (nSPS) is 10.9. The summed E-state index contributed by atoms with van der Waals surface area (Å²) in [4.78, 5) is 38.1. The van der Waals surface area contributed by atoms with E-state index in [1.54, 1.807) is 30.3 Å².